The van der Waals surface area contributed by atoms with Crippen LogP contribution in [0.4, 0.5) is 0 Å². The highest BCUT2D eigenvalue weighted by atomic mass is 32.2. The number of nitrogens with zero attached hydrogens (tertiary/aromatic N) is 3. The molecule has 24 heavy (non-hydrogen) atoms. The maximum Gasteiger partial charge on any atom is 0.232 e. The maximum atomic E-state index is 12.3. The molecular weight excluding hydrogens is 338 g/mol. The fraction of sp³-hybridized carbons (Fsp3) is 0.444. The number of rotatable bonds is 7. The fourth-order valence-corrected chi connectivity index (χ4v) is 4.34. The van der Waals surface area contributed by atoms with Gasteiger partial charge in [0.1, 0.15) is 0 Å². The number of pyridine rings is 1. The molecule has 6 heteroatoms. The van der Waals surface area contributed by atoms with Gasteiger partial charge in [0.15, 0.2) is 0 Å². The molecule has 0 radical (unpaired) electrons. The van der Waals surface area contributed by atoms with Crippen LogP contribution in [0.1, 0.15) is 10.4 Å². The third-order valence-corrected chi connectivity index (χ3v) is 6.12. The second-order valence-corrected chi connectivity index (χ2v) is 7.92. The molecule has 4 nitrogen and oxygen atoms in total. The summed E-state index contributed by atoms with van der Waals surface area (Å²) in [5.41, 5.74) is 1.17. The van der Waals surface area contributed by atoms with E-state index in [4.69, 9.17) is 0 Å². The molecule has 0 unspecified atom stereocenters. The predicted molar refractivity (Wildman–Crippen MR) is 101 cm³/mol. The first kappa shape index (κ1) is 17.5. The van der Waals surface area contributed by atoms with Crippen LogP contribution in [0.15, 0.2) is 42.0 Å². The Kier molecular flexibility index (Phi) is 6.69. The molecule has 128 valence electrons. The summed E-state index contributed by atoms with van der Waals surface area (Å²) in [5, 5.41) is 2.13. The van der Waals surface area contributed by atoms with Gasteiger partial charge in [0.2, 0.25) is 5.91 Å². The van der Waals surface area contributed by atoms with Crippen LogP contribution in [0.5, 0.6) is 0 Å². The van der Waals surface area contributed by atoms with Crippen molar-refractivity contribution in [1.82, 2.24) is 14.8 Å². The van der Waals surface area contributed by atoms with Gasteiger partial charge in [0.05, 0.1) is 5.75 Å². The van der Waals surface area contributed by atoms with E-state index in [1.165, 1.54) is 10.4 Å². The van der Waals surface area contributed by atoms with Crippen molar-refractivity contribution in [2.24, 2.45) is 0 Å². The number of amides is 1. The number of carbonyl (C=O) groups excluding carboxylic acids is 1. The Morgan fingerprint density at radius 1 is 1.21 bits per heavy atom. The quantitative estimate of drug-likeness (QED) is 0.760. The number of thiophene rings is 1. The van der Waals surface area contributed by atoms with Gasteiger partial charge in [0.25, 0.3) is 0 Å². The molecule has 3 rings (SSSR count). The van der Waals surface area contributed by atoms with Crippen molar-refractivity contribution in [3.63, 3.8) is 0 Å². The number of thioether (sulfide) groups is 1. The van der Waals surface area contributed by atoms with Crippen LogP contribution in [-0.4, -0.2) is 59.2 Å². The largest absolute Gasteiger partial charge is 0.339 e. The van der Waals surface area contributed by atoms with Gasteiger partial charge in [0, 0.05) is 55.7 Å². The van der Waals surface area contributed by atoms with E-state index >= 15 is 0 Å². The van der Waals surface area contributed by atoms with Gasteiger partial charge in [-0.15, -0.1) is 23.1 Å². The summed E-state index contributed by atoms with van der Waals surface area (Å²) in [5.74, 6) is 1.67. The molecule has 1 fully saturated rings. The van der Waals surface area contributed by atoms with E-state index in [-0.39, 0.29) is 5.91 Å². The number of piperazine rings is 1. The van der Waals surface area contributed by atoms with Crippen LogP contribution in [0.2, 0.25) is 0 Å². The van der Waals surface area contributed by atoms with Gasteiger partial charge in [-0.3, -0.25) is 14.7 Å². The highest BCUT2D eigenvalue weighted by Crippen LogP contribution is 2.14. The first-order valence-corrected chi connectivity index (χ1v) is 10.3. The van der Waals surface area contributed by atoms with E-state index in [2.05, 4.69) is 33.5 Å². The van der Waals surface area contributed by atoms with Crippen molar-refractivity contribution in [2.45, 2.75) is 12.2 Å². The zero-order valence-corrected chi connectivity index (χ0v) is 15.4. The normalized spacial score (nSPS) is 15.6. The molecule has 2 aromatic heterocycles. The van der Waals surface area contributed by atoms with E-state index in [0.29, 0.717) is 5.75 Å². The highest BCUT2D eigenvalue weighted by Gasteiger charge is 2.20. The molecule has 1 amide bonds. The molecule has 0 saturated carbocycles. The maximum absolute atomic E-state index is 12.3. The Bertz CT molecular complexity index is 610. The molecule has 0 bridgehead atoms. The highest BCUT2D eigenvalue weighted by molar-refractivity contribution is 7.99. The average molecular weight is 362 g/mol. The zero-order valence-electron chi connectivity index (χ0n) is 13.8. The summed E-state index contributed by atoms with van der Waals surface area (Å²) in [6.45, 7) is 4.79. The van der Waals surface area contributed by atoms with Gasteiger partial charge < -0.3 is 4.90 Å². The van der Waals surface area contributed by atoms with Crippen LogP contribution in [-0.2, 0) is 17.0 Å². The molecule has 1 aliphatic rings. The lowest BCUT2D eigenvalue weighted by molar-refractivity contribution is -0.130. The lowest BCUT2D eigenvalue weighted by atomic mass is 10.2. The van der Waals surface area contributed by atoms with Crippen LogP contribution in [0.25, 0.3) is 0 Å². The van der Waals surface area contributed by atoms with E-state index in [0.717, 1.165) is 44.9 Å². The molecule has 1 saturated heterocycles. The molecular formula is C18H23N3OS2. The summed E-state index contributed by atoms with van der Waals surface area (Å²) in [6.07, 6.45) is 4.76. The molecule has 0 atom stereocenters. The van der Waals surface area contributed by atoms with E-state index < -0.39 is 0 Å². The van der Waals surface area contributed by atoms with Crippen molar-refractivity contribution in [2.75, 3.05) is 38.5 Å². The summed E-state index contributed by atoms with van der Waals surface area (Å²) in [6, 6.07) is 8.30. The van der Waals surface area contributed by atoms with Crippen molar-refractivity contribution in [1.29, 1.82) is 0 Å². The summed E-state index contributed by atoms with van der Waals surface area (Å²) < 4.78 is 0. The summed E-state index contributed by atoms with van der Waals surface area (Å²) in [4.78, 5) is 22.3. The van der Waals surface area contributed by atoms with Gasteiger partial charge >= 0.3 is 0 Å². The number of hydrogen-bond acceptors (Lipinski definition) is 5. The third-order valence-electron chi connectivity index (χ3n) is 4.20. The van der Waals surface area contributed by atoms with Gasteiger partial charge in [-0.1, -0.05) is 12.1 Å². The Morgan fingerprint density at radius 2 is 2.08 bits per heavy atom. The Labute approximate surface area is 151 Å². The molecule has 0 N–H and O–H groups in total. The Morgan fingerprint density at radius 3 is 2.79 bits per heavy atom. The average Bonchev–Trinajstić information content (AvgIpc) is 3.15. The van der Waals surface area contributed by atoms with E-state index in [1.807, 2.05) is 28.5 Å². The molecule has 0 spiro atoms. The molecule has 2 aromatic rings. The monoisotopic (exact) mass is 361 g/mol. The van der Waals surface area contributed by atoms with E-state index in [1.54, 1.807) is 18.0 Å². The standard InChI is InChI=1S/C18H23N3OS2/c22-18(15-23-14-16-3-1-6-19-13-16)21-10-8-20(9-11-21)7-5-17-4-2-12-24-17/h1-4,6,12-13H,5,7-11,14-15H2. The smallest absolute Gasteiger partial charge is 0.232 e. The van der Waals surface area contributed by atoms with Crippen LogP contribution >= 0.6 is 23.1 Å². The van der Waals surface area contributed by atoms with Gasteiger partial charge in [-0.25, -0.2) is 0 Å². The molecule has 3 heterocycles. The Balaban J connectivity index is 1.33. The SMILES string of the molecule is O=C(CSCc1cccnc1)N1CCN(CCc2cccs2)CC1. The second kappa shape index (κ2) is 9.20. The number of hydrogen-bond donors (Lipinski definition) is 0. The number of aromatic nitrogens is 1. The second-order valence-electron chi connectivity index (χ2n) is 5.91. The van der Waals surface area contributed by atoms with Crippen LogP contribution in [0.3, 0.4) is 0 Å². The lowest BCUT2D eigenvalue weighted by Crippen LogP contribution is -2.49. The first-order chi connectivity index (χ1) is 11.8. The summed E-state index contributed by atoms with van der Waals surface area (Å²) >= 11 is 3.50. The Hall–Kier alpha value is -1.37. The first-order valence-electron chi connectivity index (χ1n) is 8.30. The van der Waals surface area contributed by atoms with Crippen LogP contribution in [0, 0.1) is 0 Å². The summed E-state index contributed by atoms with van der Waals surface area (Å²) in [7, 11) is 0. The van der Waals surface area contributed by atoms with Crippen molar-refractivity contribution >= 4 is 29.0 Å². The minimum absolute atomic E-state index is 0.266. The van der Waals surface area contributed by atoms with Crippen LogP contribution < -0.4 is 0 Å². The molecule has 0 aliphatic carbocycles. The minimum atomic E-state index is 0.266. The van der Waals surface area contributed by atoms with Gasteiger partial charge in [-0.05, 0) is 29.5 Å². The van der Waals surface area contributed by atoms with Gasteiger partial charge in [-0.2, -0.15) is 0 Å². The van der Waals surface area contributed by atoms with Crippen molar-refractivity contribution in [3.05, 3.63) is 52.5 Å². The van der Waals surface area contributed by atoms with Crippen molar-refractivity contribution < 1.29 is 4.79 Å². The number of carbonyl (C=O) groups is 1. The lowest BCUT2D eigenvalue weighted by Gasteiger charge is -2.34. The predicted octanol–water partition coefficient (Wildman–Crippen LogP) is 2.76. The molecule has 1 aliphatic heterocycles. The topological polar surface area (TPSA) is 36.4 Å². The minimum Gasteiger partial charge on any atom is -0.339 e. The fourth-order valence-electron chi connectivity index (χ4n) is 2.78. The third kappa shape index (κ3) is 5.33. The zero-order chi connectivity index (χ0) is 16.6. The van der Waals surface area contributed by atoms with Crippen molar-refractivity contribution in [3.8, 4) is 0 Å². The molecule has 0 aromatic carbocycles. The van der Waals surface area contributed by atoms with E-state index in [9.17, 15) is 4.79 Å².